The SMILES string of the molecule is CCOC(=O)c1nc(N)c(Br)cc1C(F)F. The molecule has 0 aromatic carbocycles. The minimum Gasteiger partial charge on any atom is -0.461 e. The molecule has 88 valence electrons. The highest BCUT2D eigenvalue weighted by atomic mass is 79.9. The van der Waals surface area contributed by atoms with Crippen LogP contribution in [0.25, 0.3) is 0 Å². The Morgan fingerprint density at radius 1 is 1.69 bits per heavy atom. The van der Waals surface area contributed by atoms with Crippen LogP contribution in [0.15, 0.2) is 10.5 Å². The van der Waals surface area contributed by atoms with Crippen molar-refractivity contribution in [1.29, 1.82) is 0 Å². The van der Waals surface area contributed by atoms with Crippen molar-refractivity contribution in [2.75, 3.05) is 12.3 Å². The lowest BCUT2D eigenvalue weighted by Gasteiger charge is -2.09. The molecular weight excluding hydrogens is 286 g/mol. The molecule has 7 heteroatoms. The predicted molar refractivity (Wildman–Crippen MR) is 57.3 cm³/mol. The number of carbonyl (C=O) groups is 1. The molecule has 1 aromatic heterocycles. The topological polar surface area (TPSA) is 65.2 Å². The Labute approximate surface area is 98.9 Å². The van der Waals surface area contributed by atoms with E-state index in [2.05, 4.69) is 25.7 Å². The highest BCUT2D eigenvalue weighted by molar-refractivity contribution is 9.10. The van der Waals surface area contributed by atoms with Crippen molar-refractivity contribution in [2.24, 2.45) is 0 Å². The van der Waals surface area contributed by atoms with Crippen LogP contribution in [-0.4, -0.2) is 17.6 Å². The summed E-state index contributed by atoms with van der Waals surface area (Å²) >= 11 is 2.96. The second-order valence-corrected chi connectivity index (χ2v) is 3.67. The van der Waals surface area contributed by atoms with Crippen LogP contribution in [0.5, 0.6) is 0 Å². The number of pyridine rings is 1. The van der Waals surface area contributed by atoms with Gasteiger partial charge in [-0.2, -0.15) is 0 Å². The molecule has 0 saturated heterocycles. The van der Waals surface area contributed by atoms with E-state index in [1.165, 1.54) is 0 Å². The van der Waals surface area contributed by atoms with Crippen LogP contribution in [-0.2, 0) is 4.74 Å². The number of hydrogen-bond acceptors (Lipinski definition) is 4. The van der Waals surface area contributed by atoms with Crippen LogP contribution < -0.4 is 5.73 Å². The summed E-state index contributed by atoms with van der Waals surface area (Å²) < 4.78 is 30.1. The molecule has 0 radical (unpaired) electrons. The first-order valence-corrected chi connectivity index (χ1v) is 5.17. The van der Waals surface area contributed by atoms with E-state index < -0.39 is 23.7 Å². The van der Waals surface area contributed by atoms with E-state index in [-0.39, 0.29) is 16.9 Å². The van der Waals surface area contributed by atoms with Gasteiger partial charge < -0.3 is 10.5 Å². The van der Waals surface area contributed by atoms with E-state index in [0.717, 1.165) is 6.07 Å². The van der Waals surface area contributed by atoms with Gasteiger partial charge in [0.2, 0.25) is 0 Å². The van der Waals surface area contributed by atoms with Gasteiger partial charge in [-0.05, 0) is 28.9 Å². The van der Waals surface area contributed by atoms with Crippen LogP contribution in [0.1, 0.15) is 29.4 Å². The van der Waals surface area contributed by atoms with Crippen molar-refractivity contribution in [3.63, 3.8) is 0 Å². The third kappa shape index (κ3) is 2.66. The van der Waals surface area contributed by atoms with Gasteiger partial charge in [-0.25, -0.2) is 18.6 Å². The summed E-state index contributed by atoms with van der Waals surface area (Å²) in [6, 6.07) is 1.07. The van der Waals surface area contributed by atoms with Crippen LogP contribution in [0.3, 0.4) is 0 Å². The number of aromatic nitrogens is 1. The van der Waals surface area contributed by atoms with Crippen molar-refractivity contribution in [1.82, 2.24) is 4.98 Å². The van der Waals surface area contributed by atoms with Gasteiger partial charge in [0.15, 0.2) is 5.69 Å². The van der Waals surface area contributed by atoms with Gasteiger partial charge >= 0.3 is 5.97 Å². The lowest BCUT2D eigenvalue weighted by atomic mass is 10.2. The zero-order valence-corrected chi connectivity index (χ0v) is 9.92. The minimum atomic E-state index is -2.82. The zero-order chi connectivity index (χ0) is 12.3. The Kier molecular flexibility index (Phi) is 4.17. The monoisotopic (exact) mass is 294 g/mol. The molecule has 0 atom stereocenters. The van der Waals surface area contributed by atoms with Gasteiger partial charge in [-0.1, -0.05) is 0 Å². The Hall–Kier alpha value is -1.24. The van der Waals surface area contributed by atoms with Crippen molar-refractivity contribution >= 4 is 27.7 Å². The summed E-state index contributed by atoms with van der Waals surface area (Å²) in [6.45, 7) is 1.65. The lowest BCUT2D eigenvalue weighted by molar-refractivity contribution is 0.0508. The average Bonchev–Trinajstić information content (AvgIpc) is 2.21. The summed E-state index contributed by atoms with van der Waals surface area (Å²) in [6.07, 6.45) is -2.82. The van der Waals surface area contributed by atoms with Gasteiger partial charge in [-0.15, -0.1) is 0 Å². The summed E-state index contributed by atoms with van der Waals surface area (Å²) in [7, 11) is 0. The maximum atomic E-state index is 12.6. The Morgan fingerprint density at radius 3 is 2.81 bits per heavy atom. The first-order valence-electron chi connectivity index (χ1n) is 4.38. The molecule has 0 spiro atoms. The molecular formula is C9H9BrF2N2O2. The van der Waals surface area contributed by atoms with Gasteiger partial charge in [0.05, 0.1) is 16.6 Å². The number of nitrogen functional groups attached to an aromatic ring is 1. The van der Waals surface area contributed by atoms with Crippen LogP contribution in [0, 0.1) is 0 Å². The number of hydrogen-bond donors (Lipinski definition) is 1. The van der Waals surface area contributed by atoms with E-state index in [4.69, 9.17) is 5.73 Å². The van der Waals surface area contributed by atoms with Crippen LogP contribution >= 0.6 is 15.9 Å². The first kappa shape index (κ1) is 12.8. The van der Waals surface area contributed by atoms with Crippen molar-refractivity contribution in [3.05, 3.63) is 21.8 Å². The Bertz CT molecular complexity index is 413. The molecule has 0 saturated carbocycles. The van der Waals surface area contributed by atoms with Crippen LogP contribution in [0.4, 0.5) is 14.6 Å². The largest absolute Gasteiger partial charge is 0.461 e. The minimum absolute atomic E-state index is 0.0348. The van der Waals surface area contributed by atoms with Crippen molar-refractivity contribution < 1.29 is 18.3 Å². The van der Waals surface area contributed by atoms with Gasteiger partial charge in [0.1, 0.15) is 5.82 Å². The number of rotatable bonds is 3. The van der Waals surface area contributed by atoms with E-state index in [1.807, 2.05) is 0 Å². The number of nitrogens with two attached hydrogens (primary N) is 1. The third-order valence-electron chi connectivity index (χ3n) is 1.74. The maximum absolute atomic E-state index is 12.6. The fraction of sp³-hybridized carbons (Fsp3) is 0.333. The predicted octanol–water partition coefficient (Wildman–Crippen LogP) is 2.54. The lowest BCUT2D eigenvalue weighted by Crippen LogP contribution is -2.12. The fourth-order valence-corrected chi connectivity index (χ4v) is 1.38. The maximum Gasteiger partial charge on any atom is 0.357 e. The molecule has 1 heterocycles. The molecule has 2 N–H and O–H groups in total. The molecule has 0 aliphatic rings. The number of halogens is 3. The molecule has 4 nitrogen and oxygen atoms in total. The quantitative estimate of drug-likeness (QED) is 0.870. The van der Waals surface area contributed by atoms with Crippen molar-refractivity contribution in [3.8, 4) is 0 Å². The van der Waals surface area contributed by atoms with E-state index in [0.29, 0.717) is 0 Å². The molecule has 16 heavy (non-hydrogen) atoms. The smallest absolute Gasteiger partial charge is 0.357 e. The van der Waals surface area contributed by atoms with Gasteiger partial charge in [-0.3, -0.25) is 0 Å². The molecule has 1 rings (SSSR count). The Morgan fingerprint density at radius 2 is 2.31 bits per heavy atom. The molecule has 0 fully saturated rings. The second-order valence-electron chi connectivity index (χ2n) is 2.81. The highest BCUT2D eigenvalue weighted by Gasteiger charge is 2.22. The molecule has 0 aliphatic heterocycles. The van der Waals surface area contributed by atoms with E-state index >= 15 is 0 Å². The van der Waals surface area contributed by atoms with Crippen LogP contribution in [0.2, 0.25) is 0 Å². The number of anilines is 1. The first-order chi connectivity index (χ1) is 7.47. The summed E-state index contributed by atoms with van der Waals surface area (Å²) in [5.74, 6) is -0.940. The molecule has 0 unspecified atom stereocenters. The highest BCUT2D eigenvalue weighted by Crippen LogP contribution is 2.28. The number of ether oxygens (including phenoxy) is 1. The standard InChI is InChI=1S/C9H9BrF2N2O2/c1-2-16-9(15)6-4(7(11)12)3-5(10)8(13)14-6/h3,7H,2H2,1H3,(H2,13,14). The molecule has 1 aromatic rings. The fourth-order valence-electron chi connectivity index (χ4n) is 1.05. The Balaban J connectivity index is 3.24. The summed E-state index contributed by atoms with van der Waals surface area (Å²) in [4.78, 5) is 14.9. The van der Waals surface area contributed by atoms with Gasteiger partial charge in [0.25, 0.3) is 6.43 Å². The summed E-state index contributed by atoms with van der Waals surface area (Å²) in [5.41, 5.74) is 4.47. The van der Waals surface area contributed by atoms with E-state index in [9.17, 15) is 13.6 Å². The number of nitrogens with zero attached hydrogens (tertiary/aromatic N) is 1. The molecule has 0 bridgehead atoms. The van der Waals surface area contributed by atoms with Gasteiger partial charge in [0, 0.05) is 0 Å². The normalized spacial score (nSPS) is 10.6. The third-order valence-corrected chi connectivity index (χ3v) is 2.37. The number of alkyl halides is 2. The second kappa shape index (κ2) is 5.20. The van der Waals surface area contributed by atoms with E-state index in [1.54, 1.807) is 6.92 Å². The average molecular weight is 295 g/mol. The van der Waals surface area contributed by atoms with Crippen molar-refractivity contribution in [2.45, 2.75) is 13.3 Å². The summed E-state index contributed by atoms with van der Waals surface area (Å²) in [5, 5.41) is 0. The number of esters is 1. The molecule has 0 amide bonds. The molecule has 0 aliphatic carbocycles. The number of carbonyl (C=O) groups excluding carboxylic acids is 1. The zero-order valence-electron chi connectivity index (χ0n) is 8.34.